The largest absolute Gasteiger partial charge is 0.493 e. The lowest BCUT2D eigenvalue weighted by Gasteiger charge is -2.12. The Hall–Kier alpha value is -2.78. The minimum absolute atomic E-state index is 0.0364. The molecular weight excluding hydrogens is 408 g/mol. The lowest BCUT2D eigenvalue weighted by Crippen LogP contribution is -2.30. The summed E-state index contributed by atoms with van der Waals surface area (Å²) in [5.41, 5.74) is 1.74. The van der Waals surface area contributed by atoms with Crippen LogP contribution in [0.3, 0.4) is 0 Å². The van der Waals surface area contributed by atoms with Crippen molar-refractivity contribution in [2.75, 3.05) is 7.11 Å². The van der Waals surface area contributed by atoms with E-state index in [-0.39, 0.29) is 11.6 Å². The van der Waals surface area contributed by atoms with Crippen LogP contribution in [0.1, 0.15) is 25.0 Å². The molecule has 27 heavy (non-hydrogen) atoms. The van der Waals surface area contributed by atoms with Crippen LogP contribution in [0.25, 0.3) is 6.08 Å². The van der Waals surface area contributed by atoms with Gasteiger partial charge >= 0.3 is 0 Å². The minimum atomic E-state index is -0.401. The fraction of sp³-hybridized carbons (Fsp3) is 0.238. The van der Waals surface area contributed by atoms with E-state index in [0.29, 0.717) is 23.7 Å². The standard InChI is InChI=1S/C21H21BrN2O3/c1-14(2)24-21(25)17(12-23)10-16-6-9-19(20(11-16)26-3)27-13-15-4-7-18(22)8-5-15/h4-11,14H,13H2,1-3H3,(H,24,25)/b17-10-. The Morgan fingerprint density at radius 2 is 1.93 bits per heavy atom. The highest BCUT2D eigenvalue weighted by molar-refractivity contribution is 9.10. The topological polar surface area (TPSA) is 71.3 Å². The first kappa shape index (κ1) is 20.5. The Kier molecular flexibility index (Phi) is 7.44. The van der Waals surface area contributed by atoms with Crippen molar-refractivity contribution in [2.45, 2.75) is 26.5 Å². The molecule has 140 valence electrons. The predicted molar refractivity (Wildman–Crippen MR) is 108 cm³/mol. The molecule has 6 heteroatoms. The molecule has 0 saturated heterocycles. The number of methoxy groups -OCH3 is 1. The Morgan fingerprint density at radius 3 is 2.52 bits per heavy atom. The van der Waals surface area contributed by atoms with Crippen molar-refractivity contribution < 1.29 is 14.3 Å². The number of hydrogen-bond acceptors (Lipinski definition) is 4. The molecule has 0 saturated carbocycles. The molecule has 0 heterocycles. The summed E-state index contributed by atoms with van der Waals surface area (Å²) in [6.45, 7) is 4.08. The second-order valence-electron chi connectivity index (χ2n) is 6.12. The van der Waals surface area contributed by atoms with Gasteiger partial charge in [-0.1, -0.05) is 34.1 Å². The molecule has 0 atom stereocenters. The summed E-state index contributed by atoms with van der Waals surface area (Å²) in [4.78, 5) is 12.0. The van der Waals surface area contributed by atoms with Gasteiger partial charge in [0.25, 0.3) is 5.91 Å². The van der Waals surface area contributed by atoms with E-state index in [4.69, 9.17) is 9.47 Å². The molecule has 0 aliphatic heterocycles. The van der Waals surface area contributed by atoms with Crippen molar-refractivity contribution in [3.05, 3.63) is 63.6 Å². The second-order valence-corrected chi connectivity index (χ2v) is 7.04. The summed E-state index contributed by atoms with van der Waals surface area (Å²) < 4.78 is 12.2. The van der Waals surface area contributed by atoms with E-state index in [1.165, 1.54) is 6.08 Å². The van der Waals surface area contributed by atoms with E-state index in [9.17, 15) is 10.1 Å². The van der Waals surface area contributed by atoms with E-state index < -0.39 is 5.91 Å². The fourth-order valence-electron chi connectivity index (χ4n) is 2.29. The maximum absolute atomic E-state index is 12.0. The monoisotopic (exact) mass is 428 g/mol. The van der Waals surface area contributed by atoms with Gasteiger partial charge < -0.3 is 14.8 Å². The molecule has 1 amide bonds. The molecule has 2 aromatic rings. The van der Waals surface area contributed by atoms with E-state index in [2.05, 4.69) is 21.2 Å². The average molecular weight is 429 g/mol. The number of carbonyl (C=O) groups excluding carboxylic acids is 1. The molecule has 2 rings (SSSR count). The molecule has 0 spiro atoms. The predicted octanol–water partition coefficient (Wildman–Crippen LogP) is 4.47. The van der Waals surface area contributed by atoms with Crippen LogP contribution in [0.2, 0.25) is 0 Å². The van der Waals surface area contributed by atoms with Gasteiger partial charge in [-0.2, -0.15) is 5.26 Å². The number of rotatable bonds is 7. The van der Waals surface area contributed by atoms with Gasteiger partial charge in [0.15, 0.2) is 11.5 Å². The molecule has 0 aromatic heterocycles. The maximum atomic E-state index is 12.0. The Balaban J connectivity index is 2.17. The van der Waals surface area contributed by atoms with E-state index >= 15 is 0 Å². The van der Waals surface area contributed by atoms with Gasteiger partial charge in [-0.05, 0) is 55.3 Å². The van der Waals surface area contributed by atoms with E-state index in [1.807, 2.05) is 44.2 Å². The Bertz CT molecular complexity index is 868. The van der Waals surface area contributed by atoms with Gasteiger partial charge in [-0.15, -0.1) is 0 Å². The van der Waals surface area contributed by atoms with Crippen LogP contribution >= 0.6 is 15.9 Å². The number of hydrogen-bond donors (Lipinski definition) is 1. The molecule has 0 aliphatic carbocycles. The van der Waals surface area contributed by atoms with Crippen molar-refractivity contribution in [1.29, 1.82) is 5.26 Å². The van der Waals surface area contributed by atoms with E-state index in [1.54, 1.807) is 25.3 Å². The van der Waals surface area contributed by atoms with Crippen molar-refractivity contribution in [1.82, 2.24) is 5.32 Å². The van der Waals surface area contributed by atoms with Crippen molar-refractivity contribution in [3.8, 4) is 17.6 Å². The summed E-state index contributed by atoms with van der Waals surface area (Å²) in [5.74, 6) is 0.715. The molecule has 5 nitrogen and oxygen atoms in total. The van der Waals surface area contributed by atoms with E-state index in [0.717, 1.165) is 10.0 Å². The summed E-state index contributed by atoms with van der Waals surface area (Å²) >= 11 is 3.40. The number of ether oxygens (including phenoxy) is 2. The fourth-order valence-corrected chi connectivity index (χ4v) is 2.55. The number of nitriles is 1. The second kappa shape index (κ2) is 9.79. The third-order valence-electron chi connectivity index (χ3n) is 3.59. The van der Waals surface area contributed by atoms with Crippen molar-refractivity contribution >= 4 is 27.9 Å². The lowest BCUT2D eigenvalue weighted by atomic mass is 10.1. The van der Waals surface area contributed by atoms with Crippen LogP contribution in [0.5, 0.6) is 11.5 Å². The van der Waals surface area contributed by atoms with Crippen LogP contribution in [0.4, 0.5) is 0 Å². The van der Waals surface area contributed by atoms with Crippen molar-refractivity contribution in [3.63, 3.8) is 0 Å². The van der Waals surface area contributed by atoms with Crippen LogP contribution in [-0.4, -0.2) is 19.1 Å². The van der Waals surface area contributed by atoms with Crippen LogP contribution in [0.15, 0.2) is 52.5 Å². The molecular formula is C21H21BrN2O3. The Morgan fingerprint density at radius 1 is 1.22 bits per heavy atom. The quantitative estimate of drug-likeness (QED) is 0.521. The normalized spacial score (nSPS) is 11.0. The zero-order valence-electron chi connectivity index (χ0n) is 15.5. The number of halogens is 1. The van der Waals surface area contributed by atoms with Crippen LogP contribution in [-0.2, 0) is 11.4 Å². The highest BCUT2D eigenvalue weighted by Crippen LogP contribution is 2.29. The minimum Gasteiger partial charge on any atom is -0.493 e. The summed E-state index contributed by atoms with van der Waals surface area (Å²) in [6.07, 6.45) is 1.53. The molecule has 0 fully saturated rings. The van der Waals surface area contributed by atoms with Gasteiger partial charge in [0.2, 0.25) is 0 Å². The first-order chi connectivity index (χ1) is 12.9. The number of amides is 1. The van der Waals surface area contributed by atoms with Gasteiger partial charge in [-0.3, -0.25) is 4.79 Å². The van der Waals surface area contributed by atoms with Gasteiger partial charge in [-0.25, -0.2) is 0 Å². The smallest absolute Gasteiger partial charge is 0.262 e. The van der Waals surface area contributed by atoms with Gasteiger partial charge in [0.1, 0.15) is 18.2 Å². The average Bonchev–Trinajstić information content (AvgIpc) is 2.65. The highest BCUT2D eigenvalue weighted by Gasteiger charge is 2.11. The van der Waals surface area contributed by atoms with Gasteiger partial charge in [0.05, 0.1) is 7.11 Å². The summed E-state index contributed by atoms with van der Waals surface area (Å²) in [6, 6.07) is 15.0. The van der Waals surface area contributed by atoms with Crippen LogP contribution < -0.4 is 14.8 Å². The maximum Gasteiger partial charge on any atom is 0.262 e. The molecule has 0 unspecified atom stereocenters. The van der Waals surface area contributed by atoms with Crippen LogP contribution in [0, 0.1) is 11.3 Å². The first-order valence-electron chi connectivity index (χ1n) is 8.41. The third kappa shape index (κ3) is 6.15. The summed E-state index contributed by atoms with van der Waals surface area (Å²) in [5, 5.41) is 12.0. The first-order valence-corrected chi connectivity index (χ1v) is 9.20. The SMILES string of the molecule is COc1cc(/C=C(/C#N)C(=O)NC(C)C)ccc1OCc1ccc(Br)cc1. The number of carbonyl (C=O) groups is 1. The highest BCUT2D eigenvalue weighted by atomic mass is 79.9. The molecule has 1 N–H and O–H groups in total. The molecule has 0 aliphatic rings. The zero-order valence-corrected chi connectivity index (χ0v) is 17.0. The summed E-state index contributed by atoms with van der Waals surface area (Å²) in [7, 11) is 1.55. The Labute approximate surface area is 167 Å². The third-order valence-corrected chi connectivity index (χ3v) is 4.12. The van der Waals surface area contributed by atoms with Gasteiger partial charge in [0, 0.05) is 10.5 Å². The van der Waals surface area contributed by atoms with Crippen molar-refractivity contribution in [2.24, 2.45) is 0 Å². The lowest BCUT2D eigenvalue weighted by molar-refractivity contribution is -0.117. The molecule has 0 bridgehead atoms. The molecule has 0 radical (unpaired) electrons. The molecule has 2 aromatic carbocycles. The zero-order chi connectivity index (χ0) is 19.8. The number of nitrogens with zero attached hydrogens (tertiary/aromatic N) is 1. The number of nitrogens with one attached hydrogen (secondary N) is 1. The number of benzene rings is 2.